The Bertz CT molecular complexity index is 2440. The van der Waals surface area contributed by atoms with Gasteiger partial charge >= 0.3 is 6.03 Å². The highest BCUT2D eigenvalue weighted by Crippen LogP contribution is 2.37. The van der Waals surface area contributed by atoms with Gasteiger partial charge in [-0.3, -0.25) is 19.8 Å². The normalized spacial score (nSPS) is 21.5. The molecule has 2 unspecified atom stereocenters. The number of para-hydroxylation sites is 1. The van der Waals surface area contributed by atoms with E-state index in [0.29, 0.717) is 74.6 Å². The average Bonchev–Trinajstić information content (AvgIpc) is 3.71. The molecule has 0 saturated carbocycles. The Morgan fingerprint density at radius 3 is 2.38 bits per heavy atom. The number of benzene rings is 3. The topological polar surface area (TPSA) is 189 Å². The molecule has 8 rings (SSSR count). The maximum absolute atomic E-state index is 16.5. The number of alkyl halides is 1. The number of carbonyl (C=O) groups excluding carboxylic acids is 3. The van der Waals surface area contributed by atoms with Gasteiger partial charge in [0.25, 0.3) is 5.91 Å². The number of aromatic hydroxyl groups is 1. The number of amides is 4. The summed E-state index contributed by atoms with van der Waals surface area (Å²) in [6, 6.07) is 18.7. The number of aromatic nitrogens is 1. The van der Waals surface area contributed by atoms with Gasteiger partial charge in [-0.15, -0.1) is 0 Å². The van der Waals surface area contributed by atoms with Crippen molar-refractivity contribution in [3.63, 3.8) is 0 Å². The number of halogens is 1. The average molecular weight is 862 g/mol. The van der Waals surface area contributed by atoms with Crippen molar-refractivity contribution in [1.82, 2.24) is 24.6 Å². The van der Waals surface area contributed by atoms with Gasteiger partial charge < -0.3 is 46.3 Å². The van der Waals surface area contributed by atoms with Gasteiger partial charge in [0.15, 0.2) is 0 Å². The Labute approximate surface area is 368 Å². The quantitative estimate of drug-likeness (QED) is 0.126. The molecule has 2 atom stereocenters. The smallest absolute Gasteiger partial charge is 0.328 e. The summed E-state index contributed by atoms with van der Waals surface area (Å²) >= 11 is 0. The number of nitrogens with one attached hydrogen (secondary N) is 1. The molecule has 15 heteroatoms. The number of imide groups is 1. The number of piperidine rings is 3. The van der Waals surface area contributed by atoms with Crippen LogP contribution in [0.4, 0.5) is 14.9 Å². The largest absolute Gasteiger partial charge is 0.507 e. The van der Waals surface area contributed by atoms with E-state index in [4.69, 9.17) is 21.9 Å². The van der Waals surface area contributed by atoms with Gasteiger partial charge in [-0.1, -0.05) is 18.2 Å². The van der Waals surface area contributed by atoms with Crippen molar-refractivity contribution in [2.75, 3.05) is 64.4 Å². The summed E-state index contributed by atoms with van der Waals surface area (Å²) in [5.74, 6) is -0.138. The summed E-state index contributed by atoms with van der Waals surface area (Å²) < 4.78 is 24.6. The molecule has 4 amide bonds. The number of allylic oxidation sites excluding steroid dienone is 1. The highest BCUT2D eigenvalue weighted by atomic mass is 19.1. The molecule has 4 aliphatic rings. The van der Waals surface area contributed by atoms with Gasteiger partial charge in [0.05, 0.1) is 11.8 Å². The van der Waals surface area contributed by atoms with Crippen LogP contribution < -0.4 is 27.4 Å². The lowest BCUT2D eigenvalue weighted by atomic mass is 9.85. The molecule has 14 nitrogen and oxygen atoms in total. The molecule has 0 radical (unpaired) electrons. The van der Waals surface area contributed by atoms with Crippen molar-refractivity contribution in [2.45, 2.75) is 76.1 Å². The third-order valence-electron chi connectivity index (χ3n) is 13.7. The lowest BCUT2D eigenvalue weighted by Crippen LogP contribution is -2.51. The fourth-order valence-corrected chi connectivity index (χ4v) is 10.2. The zero-order valence-electron chi connectivity index (χ0n) is 36.5. The standard InChI is InChI=1S/C48H60FN9O5/c1-30-24-32(8-9-36(30)33-25-35(63-3)28-56(27-33)42(45(51)52)26-39(50)38-6-4-5-7-43(38)59)46(61)55-22-16-48(49,17-23-55)29-54-18-12-34(13-19-54)57-20-14-37-31(2)40(10-11-41(37)57)58-21-15-44(60)53-47(58)62/h4-11,14,20,24,26,33-35,59H,12-13,15-19,21-23,25,27-29,50-52H2,1-3H3,(H,53,60,62)/b39-26-. The summed E-state index contributed by atoms with van der Waals surface area (Å²) in [5, 5.41) is 13.9. The number of hydrogen-bond donors (Lipinski definition) is 5. The molecule has 8 N–H and O–H groups in total. The summed E-state index contributed by atoms with van der Waals surface area (Å²) in [6.07, 6.45) is 7.10. The summed E-state index contributed by atoms with van der Waals surface area (Å²) in [5.41, 5.74) is 24.4. The highest BCUT2D eigenvalue weighted by Gasteiger charge is 2.39. The van der Waals surface area contributed by atoms with Crippen molar-refractivity contribution in [2.24, 2.45) is 17.2 Å². The van der Waals surface area contributed by atoms with Gasteiger partial charge in [0.2, 0.25) is 5.91 Å². The Hall–Kier alpha value is -6.06. The number of phenolic OH excluding ortho intramolecular Hbond substituents is 1. The Morgan fingerprint density at radius 1 is 0.952 bits per heavy atom. The number of hydrogen-bond acceptors (Lipinski definition) is 10. The van der Waals surface area contributed by atoms with E-state index < -0.39 is 5.67 Å². The van der Waals surface area contributed by atoms with Gasteiger partial charge in [-0.2, -0.15) is 0 Å². The second-order valence-electron chi connectivity index (χ2n) is 17.8. The fourth-order valence-electron chi connectivity index (χ4n) is 10.2. The minimum atomic E-state index is -1.37. The van der Waals surface area contributed by atoms with E-state index in [1.807, 2.05) is 38.1 Å². The molecule has 0 aliphatic carbocycles. The number of urea groups is 1. The van der Waals surface area contributed by atoms with Crippen LogP contribution >= 0.6 is 0 Å². The first kappa shape index (κ1) is 43.6. The van der Waals surface area contributed by atoms with Crippen LogP contribution in [0, 0.1) is 13.8 Å². The lowest BCUT2D eigenvalue weighted by Gasteiger charge is -2.41. The van der Waals surface area contributed by atoms with Crippen LogP contribution in [-0.2, 0) is 9.53 Å². The number of nitrogens with two attached hydrogens (primary N) is 3. The molecule has 4 saturated heterocycles. The molecular weight excluding hydrogens is 802 g/mol. The van der Waals surface area contributed by atoms with Crippen molar-refractivity contribution in [3.8, 4) is 5.75 Å². The number of rotatable bonds is 10. The molecule has 4 fully saturated rings. The summed E-state index contributed by atoms with van der Waals surface area (Å²) in [7, 11) is 1.68. The Balaban J connectivity index is 0.857. The highest BCUT2D eigenvalue weighted by molar-refractivity contribution is 6.07. The van der Waals surface area contributed by atoms with E-state index in [1.54, 1.807) is 47.3 Å². The predicted molar refractivity (Wildman–Crippen MR) is 242 cm³/mol. The number of carbonyl (C=O) groups is 3. The monoisotopic (exact) mass is 861 g/mol. The maximum atomic E-state index is 16.5. The van der Waals surface area contributed by atoms with E-state index in [0.717, 1.165) is 65.6 Å². The van der Waals surface area contributed by atoms with Crippen molar-refractivity contribution < 1.29 is 28.6 Å². The van der Waals surface area contributed by atoms with E-state index in [9.17, 15) is 19.5 Å². The lowest BCUT2D eigenvalue weighted by molar-refractivity contribution is -0.120. The zero-order valence-corrected chi connectivity index (χ0v) is 36.5. The summed E-state index contributed by atoms with van der Waals surface area (Å²) in [4.78, 5) is 45.8. The molecule has 0 bridgehead atoms. The van der Waals surface area contributed by atoms with Crippen LogP contribution in [-0.4, -0.2) is 113 Å². The van der Waals surface area contributed by atoms with Crippen LogP contribution in [0.25, 0.3) is 16.6 Å². The predicted octanol–water partition coefficient (Wildman–Crippen LogP) is 5.58. The second-order valence-corrected chi connectivity index (χ2v) is 17.8. The minimum absolute atomic E-state index is 0.0411. The molecule has 5 heterocycles. The molecule has 4 aliphatic heterocycles. The number of methoxy groups -OCH3 is 1. The molecule has 334 valence electrons. The Kier molecular flexibility index (Phi) is 12.4. The SMILES string of the molecule is COC1CC(c2ccc(C(=O)N3CCC(F)(CN4CCC(n5ccc6c(C)c(N7CCC(=O)NC7=O)ccc65)CC4)CC3)cc2C)CN(C(/C=C(\N)c2ccccc2O)=C(N)N)C1. The van der Waals surface area contributed by atoms with Gasteiger partial charge in [0, 0.05) is 130 Å². The van der Waals surface area contributed by atoms with E-state index in [-0.39, 0.29) is 53.9 Å². The van der Waals surface area contributed by atoms with Crippen molar-refractivity contribution in [3.05, 3.63) is 112 Å². The number of ether oxygens (including phenoxy) is 1. The molecule has 3 aromatic carbocycles. The molecule has 0 spiro atoms. The molecular formula is C48H60FN9O5. The van der Waals surface area contributed by atoms with Crippen molar-refractivity contribution in [1.29, 1.82) is 0 Å². The van der Waals surface area contributed by atoms with Crippen LogP contribution in [0.15, 0.2) is 84.5 Å². The fraction of sp³-hybridized carbons (Fsp3) is 0.438. The maximum Gasteiger partial charge on any atom is 0.328 e. The summed E-state index contributed by atoms with van der Waals surface area (Å²) in [6.45, 7) is 8.17. The number of likely N-dealkylation sites (tertiary alicyclic amines) is 3. The Morgan fingerprint density at radius 2 is 1.70 bits per heavy atom. The van der Waals surface area contributed by atoms with Gasteiger partial charge in [-0.25, -0.2) is 9.18 Å². The van der Waals surface area contributed by atoms with Crippen LogP contribution in [0.2, 0.25) is 0 Å². The zero-order chi connectivity index (χ0) is 44.6. The van der Waals surface area contributed by atoms with Crippen LogP contribution in [0.5, 0.6) is 5.75 Å². The van der Waals surface area contributed by atoms with Crippen LogP contribution in [0.3, 0.4) is 0 Å². The third-order valence-corrected chi connectivity index (χ3v) is 13.7. The molecule has 63 heavy (non-hydrogen) atoms. The first-order valence-electron chi connectivity index (χ1n) is 22.0. The number of fused-ring (bicyclic) bond motifs is 1. The van der Waals surface area contributed by atoms with E-state index in [2.05, 4.69) is 38.0 Å². The van der Waals surface area contributed by atoms with Gasteiger partial charge in [0.1, 0.15) is 17.2 Å². The van der Waals surface area contributed by atoms with E-state index in [1.165, 1.54) is 0 Å². The number of anilines is 1. The van der Waals surface area contributed by atoms with Crippen molar-refractivity contribution >= 4 is 40.1 Å². The van der Waals surface area contributed by atoms with E-state index >= 15 is 4.39 Å². The number of phenols is 1. The first-order valence-corrected chi connectivity index (χ1v) is 22.0. The van der Waals surface area contributed by atoms with Crippen LogP contribution in [0.1, 0.15) is 83.1 Å². The number of aryl methyl sites for hydroxylation is 2. The number of nitrogens with zero attached hydrogens (tertiary/aromatic N) is 5. The first-order chi connectivity index (χ1) is 30.2. The minimum Gasteiger partial charge on any atom is -0.507 e. The van der Waals surface area contributed by atoms with Gasteiger partial charge in [-0.05, 0) is 98.3 Å². The second kappa shape index (κ2) is 18.0. The third kappa shape index (κ3) is 9.07. The molecule has 1 aromatic heterocycles. The molecule has 4 aromatic rings.